The summed E-state index contributed by atoms with van der Waals surface area (Å²) in [6.07, 6.45) is 0. The second-order valence-corrected chi connectivity index (χ2v) is 3.21. The Kier molecular flexibility index (Phi) is 2.07. The van der Waals surface area contributed by atoms with Crippen LogP contribution in [0.15, 0.2) is 24.3 Å². The zero-order valence-corrected chi connectivity index (χ0v) is 8.11. The van der Waals surface area contributed by atoms with Crippen LogP contribution in [0.4, 0.5) is 10.2 Å². The van der Waals surface area contributed by atoms with Crippen LogP contribution in [0.25, 0.3) is 11.3 Å². The van der Waals surface area contributed by atoms with Gasteiger partial charge in [0, 0.05) is 12.6 Å². The first-order valence-corrected chi connectivity index (χ1v) is 4.37. The topological polar surface area (TPSA) is 64.1 Å². The molecule has 2 aromatic rings. The minimum absolute atomic E-state index is 0.0795. The van der Waals surface area contributed by atoms with Crippen LogP contribution < -0.4 is 5.73 Å². The van der Waals surface area contributed by atoms with Gasteiger partial charge >= 0.3 is 0 Å². The monoisotopic (exact) mass is 207 g/mol. The lowest BCUT2D eigenvalue weighted by Crippen LogP contribution is -1.96. The average Bonchev–Trinajstić information content (AvgIpc) is 2.47. The minimum atomic E-state index is -0.331. The number of nitrogen functional groups attached to an aromatic ring is 1. The molecule has 2 rings (SSSR count). The molecule has 0 aliphatic carbocycles. The molecule has 15 heavy (non-hydrogen) atoms. The van der Waals surface area contributed by atoms with Gasteiger partial charge in [0.1, 0.15) is 11.5 Å². The van der Waals surface area contributed by atoms with E-state index >= 15 is 0 Å². The smallest absolute Gasteiger partial charge is 0.186 e. The molecule has 0 amide bonds. The fourth-order valence-electron chi connectivity index (χ4n) is 1.33. The van der Waals surface area contributed by atoms with Gasteiger partial charge in [0.15, 0.2) is 11.6 Å². The standard InChI is InChI=1S/C10H10FN3O/c1-14-10(12)9(15)8(13-14)6-2-4-7(11)5-3-6/h2-5,15H,12H2,1H3. The van der Waals surface area contributed by atoms with Gasteiger partial charge in [-0.05, 0) is 24.3 Å². The number of hydrogen-bond acceptors (Lipinski definition) is 3. The Hall–Kier alpha value is -2.04. The summed E-state index contributed by atoms with van der Waals surface area (Å²) in [5.74, 6) is -0.222. The molecule has 3 N–H and O–H groups in total. The third-order valence-electron chi connectivity index (χ3n) is 2.18. The first-order valence-electron chi connectivity index (χ1n) is 4.37. The normalized spacial score (nSPS) is 10.5. The summed E-state index contributed by atoms with van der Waals surface area (Å²) in [4.78, 5) is 0. The second-order valence-electron chi connectivity index (χ2n) is 3.21. The molecule has 0 aliphatic heterocycles. The Labute approximate surface area is 85.8 Å². The van der Waals surface area contributed by atoms with Gasteiger partial charge in [-0.1, -0.05) is 0 Å². The lowest BCUT2D eigenvalue weighted by atomic mass is 10.1. The maximum atomic E-state index is 12.7. The Morgan fingerprint density at radius 2 is 1.93 bits per heavy atom. The van der Waals surface area contributed by atoms with Gasteiger partial charge in [-0.25, -0.2) is 9.07 Å². The van der Waals surface area contributed by atoms with Gasteiger partial charge in [-0.2, -0.15) is 5.10 Å². The first kappa shape index (κ1) is 9.51. The van der Waals surface area contributed by atoms with E-state index in [4.69, 9.17) is 5.73 Å². The zero-order chi connectivity index (χ0) is 11.0. The highest BCUT2D eigenvalue weighted by Gasteiger charge is 2.13. The summed E-state index contributed by atoms with van der Waals surface area (Å²) in [6.45, 7) is 0. The van der Waals surface area contributed by atoms with E-state index in [-0.39, 0.29) is 17.4 Å². The highest BCUT2D eigenvalue weighted by Crippen LogP contribution is 2.32. The molecule has 0 aliphatic rings. The molecular weight excluding hydrogens is 197 g/mol. The fraction of sp³-hybridized carbons (Fsp3) is 0.100. The summed E-state index contributed by atoms with van der Waals surface area (Å²) in [7, 11) is 1.63. The van der Waals surface area contributed by atoms with E-state index < -0.39 is 0 Å². The molecule has 78 valence electrons. The van der Waals surface area contributed by atoms with Crippen LogP contribution >= 0.6 is 0 Å². The summed E-state index contributed by atoms with van der Waals surface area (Å²) in [5.41, 5.74) is 6.53. The summed E-state index contributed by atoms with van der Waals surface area (Å²) in [6, 6.07) is 5.69. The van der Waals surface area contributed by atoms with Crippen LogP contribution in [-0.4, -0.2) is 14.9 Å². The van der Waals surface area contributed by atoms with Crippen LogP contribution in [-0.2, 0) is 7.05 Å². The Morgan fingerprint density at radius 3 is 2.40 bits per heavy atom. The number of aromatic nitrogens is 2. The van der Waals surface area contributed by atoms with Crippen molar-refractivity contribution in [3.63, 3.8) is 0 Å². The molecule has 1 aromatic heterocycles. The Balaban J connectivity index is 2.54. The van der Waals surface area contributed by atoms with Crippen molar-refractivity contribution in [1.82, 2.24) is 9.78 Å². The van der Waals surface area contributed by atoms with Gasteiger partial charge in [-0.15, -0.1) is 0 Å². The van der Waals surface area contributed by atoms with E-state index in [2.05, 4.69) is 5.10 Å². The molecule has 0 radical (unpaired) electrons. The molecule has 0 spiro atoms. The molecule has 4 nitrogen and oxygen atoms in total. The molecule has 0 saturated heterocycles. The van der Waals surface area contributed by atoms with E-state index in [0.717, 1.165) is 0 Å². The number of nitrogens with two attached hydrogens (primary N) is 1. The van der Waals surface area contributed by atoms with Gasteiger partial charge in [0.2, 0.25) is 0 Å². The second kappa shape index (κ2) is 3.27. The zero-order valence-electron chi connectivity index (χ0n) is 8.11. The predicted octanol–water partition coefficient (Wildman–Crippen LogP) is 1.51. The van der Waals surface area contributed by atoms with Crippen molar-refractivity contribution >= 4 is 5.82 Å². The van der Waals surface area contributed by atoms with E-state index in [1.54, 1.807) is 7.05 Å². The maximum absolute atomic E-state index is 12.7. The van der Waals surface area contributed by atoms with Crippen molar-refractivity contribution in [2.75, 3.05) is 5.73 Å². The number of aromatic hydroxyl groups is 1. The maximum Gasteiger partial charge on any atom is 0.186 e. The quantitative estimate of drug-likeness (QED) is 0.745. The number of rotatable bonds is 1. The SMILES string of the molecule is Cn1nc(-c2ccc(F)cc2)c(O)c1N. The largest absolute Gasteiger partial charge is 0.503 e. The number of anilines is 1. The molecule has 0 bridgehead atoms. The van der Waals surface area contributed by atoms with E-state index in [0.29, 0.717) is 11.3 Å². The Bertz CT molecular complexity index is 490. The number of hydrogen-bond donors (Lipinski definition) is 2. The highest BCUT2D eigenvalue weighted by molar-refractivity contribution is 5.71. The average molecular weight is 207 g/mol. The molecule has 5 heteroatoms. The molecule has 0 atom stereocenters. The number of aryl methyl sites for hydroxylation is 1. The number of nitrogens with zero attached hydrogens (tertiary/aromatic N) is 2. The van der Waals surface area contributed by atoms with E-state index in [1.807, 2.05) is 0 Å². The lowest BCUT2D eigenvalue weighted by molar-refractivity contribution is 0.479. The summed E-state index contributed by atoms with van der Waals surface area (Å²) in [5, 5.41) is 13.7. The lowest BCUT2D eigenvalue weighted by Gasteiger charge is -1.96. The molecule has 0 saturated carbocycles. The minimum Gasteiger partial charge on any atom is -0.503 e. The molecule has 1 aromatic carbocycles. The fourth-order valence-corrected chi connectivity index (χ4v) is 1.33. The number of benzene rings is 1. The Morgan fingerprint density at radius 1 is 1.33 bits per heavy atom. The van der Waals surface area contributed by atoms with Gasteiger partial charge in [0.05, 0.1) is 0 Å². The van der Waals surface area contributed by atoms with Crippen molar-refractivity contribution in [3.8, 4) is 17.0 Å². The van der Waals surface area contributed by atoms with Crippen molar-refractivity contribution in [2.45, 2.75) is 0 Å². The molecule has 0 unspecified atom stereocenters. The van der Waals surface area contributed by atoms with Crippen LogP contribution in [0.3, 0.4) is 0 Å². The van der Waals surface area contributed by atoms with Crippen LogP contribution in [0, 0.1) is 5.82 Å². The van der Waals surface area contributed by atoms with Crippen LogP contribution in [0.1, 0.15) is 0 Å². The summed E-state index contributed by atoms with van der Waals surface area (Å²) >= 11 is 0. The van der Waals surface area contributed by atoms with Crippen LogP contribution in [0.2, 0.25) is 0 Å². The van der Waals surface area contributed by atoms with Gasteiger partial charge < -0.3 is 10.8 Å². The molecule has 0 fully saturated rings. The van der Waals surface area contributed by atoms with Crippen molar-refractivity contribution in [3.05, 3.63) is 30.1 Å². The first-order chi connectivity index (χ1) is 7.09. The molecule has 1 heterocycles. The third-order valence-corrected chi connectivity index (χ3v) is 2.18. The number of halogens is 1. The summed E-state index contributed by atoms with van der Waals surface area (Å²) < 4.78 is 14.0. The molecular formula is C10H10FN3O. The van der Waals surface area contributed by atoms with Gasteiger partial charge in [0.25, 0.3) is 0 Å². The predicted molar refractivity (Wildman–Crippen MR) is 54.7 cm³/mol. The van der Waals surface area contributed by atoms with E-state index in [1.165, 1.54) is 28.9 Å². The van der Waals surface area contributed by atoms with E-state index in [9.17, 15) is 9.50 Å². The van der Waals surface area contributed by atoms with Gasteiger partial charge in [-0.3, -0.25) is 0 Å². The van der Waals surface area contributed by atoms with Crippen LogP contribution in [0.5, 0.6) is 5.75 Å². The van der Waals surface area contributed by atoms with Crippen molar-refractivity contribution in [1.29, 1.82) is 0 Å². The van der Waals surface area contributed by atoms with Crippen molar-refractivity contribution < 1.29 is 9.50 Å². The highest BCUT2D eigenvalue weighted by atomic mass is 19.1. The third kappa shape index (κ3) is 1.52. The van der Waals surface area contributed by atoms with Crippen molar-refractivity contribution in [2.24, 2.45) is 7.05 Å².